The molecule has 0 heterocycles. The molecule has 0 spiro atoms. The van der Waals surface area contributed by atoms with Crippen LogP contribution in [0.2, 0.25) is 0 Å². The second kappa shape index (κ2) is 8.75. The Hall–Kier alpha value is -1.29. The summed E-state index contributed by atoms with van der Waals surface area (Å²) in [6, 6.07) is 18.1. The van der Waals surface area contributed by atoms with E-state index >= 15 is 0 Å². The van der Waals surface area contributed by atoms with Crippen LogP contribution in [0.25, 0.3) is 0 Å². The number of hydrogen-bond donors (Lipinski definition) is 1. The molecule has 3 heteroatoms. The van der Waals surface area contributed by atoms with Crippen molar-refractivity contribution in [1.29, 1.82) is 0 Å². The van der Waals surface area contributed by atoms with Crippen molar-refractivity contribution in [2.24, 2.45) is 0 Å². The average molecular weight is 275 g/mol. The summed E-state index contributed by atoms with van der Waals surface area (Å²) in [4.78, 5) is 4.31. The minimum Gasteiger partial charge on any atom is -0.392 e. The molecule has 0 radical (unpaired) electrons. The van der Waals surface area contributed by atoms with E-state index in [4.69, 9.17) is 0 Å². The number of nitrogens with zero attached hydrogens (tertiary/aromatic N) is 1. The van der Waals surface area contributed by atoms with Crippen molar-refractivity contribution in [3.63, 3.8) is 0 Å². The maximum Gasteiger partial charge on any atom is 0.0692 e. The first kappa shape index (κ1) is 15.8. The highest BCUT2D eigenvalue weighted by atomic mass is 32.2. The van der Waals surface area contributed by atoms with E-state index in [-0.39, 0.29) is 6.61 Å². The molecule has 19 heavy (non-hydrogen) atoms. The molecule has 2 aromatic rings. The standard InChI is InChI=1S/C13H12OS.C3H9N/c14-10-11-6-4-5-9-13(11)15-12-7-2-1-3-8-12;1-4(2)3/h1-9,14H,10H2;1-3H3. The normalized spacial score (nSPS) is 9.95. The maximum atomic E-state index is 9.18. The number of aliphatic hydroxyl groups excluding tert-OH is 1. The lowest BCUT2D eigenvalue weighted by molar-refractivity contribution is 0.279. The van der Waals surface area contributed by atoms with Gasteiger partial charge in [-0.15, -0.1) is 0 Å². The molecular formula is C16H21NOS. The fourth-order valence-electron chi connectivity index (χ4n) is 1.35. The van der Waals surface area contributed by atoms with Gasteiger partial charge in [0.1, 0.15) is 0 Å². The van der Waals surface area contributed by atoms with E-state index in [1.807, 2.05) is 68.5 Å². The van der Waals surface area contributed by atoms with E-state index in [1.165, 1.54) is 4.90 Å². The molecular weight excluding hydrogens is 254 g/mol. The van der Waals surface area contributed by atoms with Crippen LogP contribution in [0.4, 0.5) is 0 Å². The van der Waals surface area contributed by atoms with Gasteiger partial charge < -0.3 is 10.0 Å². The third-order valence-electron chi connectivity index (χ3n) is 2.11. The first-order valence-electron chi connectivity index (χ1n) is 6.16. The molecule has 0 bridgehead atoms. The Morgan fingerprint density at radius 2 is 1.42 bits per heavy atom. The Kier molecular flexibility index (Phi) is 7.26. The van der Waals surface area contributed by atoms with Crippen LogP contribution >= 0.6 is 11.8 Å². The fraction of sp³-hybridized carbons (Fsp3) is 0.250. The second-order valence-corrected chi connectivity index (χ2v) is 5.64. The third-order valence-corrected chi connectivity index (χ3v) is 3.24. The summed E-state index contributed by atoms with van der Waals surface area (Å²) in [5, 5.41) is 9.18. The van der Waals surface area contributed by atoms with Crippen LogP contribution in [0.15, 0.2) is 64.4 Å². The van der Waals surface area contributed by atoms with Gasteiger partial charge in [-0.25, -0.2) is 0 Å². The van der Waals surface area contributed by atoms with Crippen LogP contribution in [-0.2, 0) is 6.61 Å². The van der Waals surface area contributed by atoms with Gasteiger partial charge in [-0.3, -0.25) is 0 Å². The summed E-state index contributed by atoms with van der Waals surface area (Å²) >= 11 is 1.68. The highest BCUT2D eigenvalue weighted by molar-refractivity contribution is 7.99. The van der Waals surface area contributed by atoms with E-state index in [0.717, 1.165) is 10.5 Å². The highest BCUT2D eigenvalue weighted by Crippen LogP contribution is 2.29. The molecule has 0 aliphatic heterocycles. The lowest BCUT2D eigenvalue weighted by Crippen LogP contribution is -1.99. The smallest absolute Gasteiger partial charge is 0.0692 e. The zero-order valence-electron chi connectivity index (χ0n) is 11.7. The predicted molar refractivity (Wildman–Crippen MR) is 82.5 cm³/mol. The Labute approximate surface area is 120 Å². The first-order chi connectivity index (χ1) is 9.13. The summed E-state index contributed by atoms with van der Waals surface area (Å²) in [5.41, 5.74) is 0.978. The molecule has 0 saturated carbocycles. The first-order valence-corrected chi connectivity index (χ1v) is 6.97. The van der Waals surface area contributed by atoms with E-state index in [2.05, 4.69) is 12.1 Å². The van der Waals surface area contributed by atoms with Crippen molar-refractivity contribution < 1.29 is 5.11 Å². The van der Waals surface area contributed by atoms with Crippen LogP contribution in [-0.4, -0.2) is 31.1 Å². The second-order valence-electron chi connectivity index (χ2n) is 4.52. The number of rotatable bonds is 3. The van der Waals surface area contributed by atoms with Gasteiger partial charge in [-0.05, 0) is 44.9 Å². The molecule has 0 aliphatic carbocycles. The molecule has 0 amide bonds. The highest BCUT2D eigenvalue weighted by Gasteiger charge is 2.01. The van der Waals surface area contributed by atoms with Crippen LogP contribution in [0.3, 0.4) is 0 Å². The average Bonchev–Trinajstić information content (AvgIpc) is 2.40. The quantitative estimate of drug-likeness (QED) is 0.927. The Morgan fingerprint density at radius 1 is 0.895 bits per heavy atom. The minimum atomic E-state index is 0.0933. The van der Waals surface area contributed by atoms with Crippen LogP contribution in [0.5, 0.6) is 0 Å². The van der Waals surface area contributed by atoms with E-state index in [1.54, 1.807) is 11.8 Å². The van der Waals surface area contributed by atoms with Crippen molar-refractivity contribution in [2.45, 2.75) is 16.4 Å². The van der Waals surface area contributed by atoms with Crippen LogP contribution in [0, 0.1) is 0 Å². The molecule has 2 rings (SSSR count). The van der Waals surface area contributed by atoms with Crippen LogP contribution in [0.1, 0.15) is 5.56 Å². The van der Waals surface area contributed by atoms with Crippen molar-refractivity contribution in [3.05, 3.63) is 60.2 Å². The summed E-state index contributed by atoms with van der Waals surface area (Å²) in [6.45, 7) is 0.0933. The topological polar surface area (TPSA) is 23.5 Å². The van der Waals surface area contributed by atoms with Gasteiger partial charge in [0.05, 0.1) is 6.61 Å². The minimum absolute atomic E-state index is 0.0933. The van der Waals surface area contributed by atoms with Gasteiger partial charge in [0, 0.05) is 9.79 Å². The molecule has 0 fully saturated rings. The predicted octanol–water partition coefficient (Wildman–Crippen LogP) is 3.51. The van der Waals surface area contributed by atoms with Gasteiger partial charge in [-0.1, -0.05) is 48.2 Å². The molecule has 2 aromatic carbocycles. The molecule has 102 valence electrons. The van der Waals surface area contributed by atoms with E-state index < -0.39 is 0 Å². The molecule has 0 aromatic heterocycles. The lowest BCUT2D eigenvalue weighted by Gasteiger charge is -2.05. The molecule has 2 nitrogen and oxygen atoms in total. The van der Waals surface area contributed by atoms with Crippen LogP contribution < -0.4 is 0 Å². The summed E-state index contributed by atoms with van der Waals surface area (Å²) < 4.78 is 0. The van der Waals surface area contributed by atoms with Gasteiger partial charge in [0.2, 0.25) is 0 Å². The SMILES string of the molecule is CN(C)C.OCc1ccccc1Sc1ccccc1. The zero-order valence-corrected chi connectivity index (χ0v) is 12.5. The summed E-state index contributed by atoms with van der Waals surface area (Å²) in [5.74, 6) is 0. The van der Waals surface area contributed by atoms with Crippen molar-refractivity contribution in [2.75, 3.05) is 21.1 Å². The Balaban J connectivity index is 0.000000399. The largest absolute Gasteiger partial charge is 0.392 e. The Bertz CT molecular complexity index is 468. The number of benzene rings is 2. The van der Waals surface area contributed by atoms with Gasteiger partial charge in [0.25, 0.3) is 0 Å². The lowest BCUT2D eigenvalue weighted by atomic mass is 10.2. The summed E-state index contributed by atoms with van der Waals surface area (Å²) in [6.07, 6.45) is 0. The molecule has 0 aliphatic rings. The van der Waals surface area contributed by atoms with E-state index in [0.29, 0.717) is 0 Å². The van der Waals surface area contributed by atoms with Crippen molar-refractivity contribution in [1.82, 2.24) is 4.90 Å². The monoisotopic (exact) mass is 275 g/mol. The van der Waals surface area contributed by atoms with Gasteiger partial charge in [0.15, 0.2) is 0 Å². The van der Waals surface area contributed by atoms with E-state index in [9.17, 15) is 5.11 Å². The number of aliphatic hydroxyl groups is 1. The van der Waals surface area contributed by atoms with Crippen molar-refractivity contribution in [3.8, 4) is 0 Å². The number of hydrogen-bond acceptors (Lipinski definition) is 3. The molecule has 0 saturated heterocycles. The van der Waals surface area contributed by atoms with Crippen molar-refractivity contribution >= 4 is 11.8 Å². The molecule has 1 N–H and O–H groups in total. The Morgan fingerprint density at radius 3 is 2.00 bits per heavy atom. The maximum absolute atomic E-state index is 9.18. The zero-order chi connectivity index (χ0) is 14.1. The third kappa shape index (κ3) is 6.43. The molecule has 0 atom stereocenters. The van der Waals surface area contributed by atoms with Gasteiger partial charge in [-0.2, -0.15) is 0 Å². The summed E-state index contributed by atoms with van der Waals surface area (Å²) in [7, 11) is 6.00. The van der Waals surface area contributed by atoms with Gasteiger partial charge >= 0.3 is 0 Å². The fourth-order valence-corrected chi connectivity index (χ4v) is 2.31. The molecule has 0 unspecified atom stereocenters.